The number of piperidine rings is 1. The number of halogens is 2. The van der Waals surface area contributed by atoms with Gasteiger partial charge in [0.1, 0.15) is 5.82 Å². The average Bonchev–Trinajstić information content (AvgIpc) is 2.95. The average molecular weight is 430 g/mol. The first-order valence-corrected chi connectivity index (χ1v) is 10.7. The van der Waals surface area contributed by atoms with Crippen molar-refractivity contribution in [1.82, 2.24) is 15.5 Å². The standard InChI is InChI=1S/C23H25ClFN3O2/c24-17-6-4-15(5-7-17)14-28-20-8-9-21(28)12-19(11-20)27-22(29)13-26-23(30)16-2-1-3-18(25)10-16/h1-7,10,19-21H,8-9,11-14H2,(H,26,30)(H,27,29)/t20-,21-/m1/s1. The molecule has 0 spiro atoms. The molecule has 2 aromatic carbocycles. The predicted octanol–water partition coefficient (Wildman–Crippen LogP) is 3.52. The summed E-state index contributed by atoms with van der Waals surface area (Å²) in [5.41, 5.74) is 1.45. The Hall–Kier alpha value is -2.44. The first-order chi connectivity index (χ1) is 14.5. The summed E-state index contributed by atoms with van der Waals surface area (Å²) < 4.78 is 13.2. The molecule has 0 aliphatic carbocycles. The molecule has 158 valence electrons. The van der Waals surface area contributed by atoms with Gasteiger partial charge in [-0.2, -0.15) is 0 Å². The lowest BCUT2D eigenvalue weighted by Gasteiger charge is -2.39. The first kappa shape index (κ1) is 20.8. The molecule has 2 N–H and O–H groups in total. The number of benzene rings is 2. The molecule has 30 heavy (non-hydrogen) atoms. The SMILES string of the molecule is O=C(CNC(=O)c1cccc(F)c1)NC1C[C@H]2CC[C@H](C1)N2Cc1ccc(Cl)cc1. The lowest BCUT2D eigenvalue weighted by atomic mass is 9.96. The second-order valence-corrected chi connectivity index (χ2v) is 8.55. The van der Waals surface area contributed by atoms with Gasteiger partial charge in [0.25, 0.3) is 5.91 Å². The van der Waals surface area contributed by atoms with Crippen molar-refractivity contribution in [2.75, 3.05) is 6.54 Å². The van der Waals surface area contributed by atoms with Gasteiger partial charge in [-0.1, -0.05) is 29.8 Å². The normalized spacial score (nSPS) is 23.2. The largest absolute Gasteiger partial charge is 0.352 e. The Bertz CT molecular complexity index is 907. The highest BCUT2D eigenvalue weighted by atomic mass is 35.5. The minimum atomic E-state index is -0.479. The van der Waals surface area contributed by atoms with E-state index >= 15 is 0 Å². The van der Waals surface area contributed by atoms with Crippen molar-refractivity contribution >= 4 is 23.4 Å². The van der Waals surface area contributed by atoms with Gasteiger partial charge in [-0.25, -0.2) is 4.39 Å². The molecular weight excluding hydrogens is 405 g/mol. The molecule has 7 heteroatoms. The molecule has 0 saturated carbocycles. The summed E-state index contributed by atoms with van der Waals surface area (Å²) in [6, 6.07) is 14.4. The Balaban J connectivity index is 1.26. The molecular formula is C23H25ClFN3O2. The van der Waals surface area contributed by atoms with E-state index in [0.717, 1.165) is 43.3 Å². The third-order valence-electron chi connectivity index (χ3n) is 6.02. The smallest absolute Gasteiger partial charge is 0.251 e. The van der Waals surface area contributed by atoms with Gasteiger partial charge in [0.15, 0.2) is 0 Å². The monoisotopic (exact) mass is 429 g/mol. The van der Waals surface area contributed by atoms with Crippen LogP contribution in [0.4, 0.5) is 4.39 Å². The van der Waals surface area contributed by atoms with Gasteiger partial charge in [-0.15, -0.1) is 0 Å². The van der Waals surface area contributed by atoms with Crippen molar-refractivity contribution in [1.29, 1.82) is 0 Å². The van der Waals surface area contributed by atoms with E-state index < -0.39 is 11.7 Å². The fraction of sp³-hybridized carbons (Fsp3) is 0.391. The molecule has 0 unspecified atom stereocenters. The Morgan fingerprint density at radius 3 is 2.43 bits per heavy atom. The van der Waals surface area contributed by atoms with E-state index in [-0.39, 0.29) is 24.1 Å². The highest BCUT2D eigenvalue weighted by molar-refractivity contribution is 6.30. The fourth-order valence-corrected chi connectivity index (χ4v) is 4.75. The molecule has 0 aromatic heterocycles. The quantitative estimate of drug-likeness (QED) is 0.738. The molecule has 2 saturated heterocycles. The van der Waals surface area contributed by atoms with E-state index in [4.69, 9.17) is 11.6 Å². The number of amides is 2. The van der Waals surface area contributed by atoms with E-state index in [1.54, 1.807) is 0 Å². The number of carbonyl (C=O) groups excluding carboxylic acids is 2. The van der Waals surface area contributed by atoms with Crippen molar-refractivity contribution < 1.29 is 14.0 Å². The van der Waals surface area contributed by atoms with Gasteiger partial charge in [0.05, 0.1) is 6.54 Å². The molecule has 2 atom stereocenters. The second-order valence-electron chi connectivity index (χ2n) is 8.11. The minimum Gasteiger partial charge on any atom is -0.352 e. The van der Waals surface area contributed by atoms with Gasteiger partial charge in [-0.3, -0.25) is 14.5 Å². The van der Waals surface area contributed by atoms with Crippen LogP contribution in [-0.2, 0) is 11.3 Å². The van der Waals surface area contributed by atoms with Crippen molar-refractivity contribution in [3.63, 3.8) is 0 Å². The van der Waals surface area contributed by atoms with E-state index in [0.29, 0.717) is 12.1 Å². The Morgan fingerprint density at radius 2 is 1.77 bits per heavy atom. The number of hydrogen-bond donors (Lipinski definition) is 2. The molecule has 0 radical (unpaired) electrons. The van der Waals surface area contributed by atoms with Crippen LogP contribution in [0.3, 0.4) is 0 Å². The molecule has 2 heterocycles. The summed E-state index contributed by atoms with van der Waals surface area (Å²) >= 11 is 5.98. The molecule has 2 bridgehead atoms. The Labute approximate surface area is 180 Å². The van der Waals surface area contributed by atoms with Crippen LogP contribution in [0.1, 0.15) is 41.6 Å². The Morgan fingerprint density at radius 1 is 1.07 bits per heavy atom. The number of carbonyl (C=O) groups is 2. The molecule has 2 amide bonds. The number of nitrogens with one attached hydrogen (secondary N) is 2. The summed E-state index contributed by atoms with van der Waals surface area (Å²) in [5.74, 6) is -1.15. The molecule has 5 nitrogen and oxygen atoms in total. The Kier molecular flexibility index (Phi) is 6.35. The van der Waals surface area contributed by atoms with Crippen LogP contribution in [0, 0.1) is 5.82 Å². The number of nitrogens with zero attached hydrogens (tertiary/aromatic N) is 1. The van der Waals surface area contributed by atoms with Crippen molar-refractivity contribution in [3.8, 4) is 0 Å². The highest BCUT2D eigenvalue weighted by Crippen LogP contribution is 2.36. The van der Waals surface area contributed by atoms with Gasteiger partial charge < -0.3 is 10.6 Å². The number of fused-ring (bicyclic) bond motifs is 2. The van der Waals surface area contributed by atoms with Crippen LogP contribution in [0.25, 0.3) is 0 Å². The van der Waals surface area contributed by atoms with Crippen LogP contribution >= 0.6 is 11.6 Å². The number of rotatable bonds is 6. The van der Waals surface area contributed by atoms with Gasteiger partial charge in [0.2, 0.25) is 5.91 Å². The minimum absolute atomic E-state index is 0.113. The zero-order chi connectivity index (χ0) is 21.1. The first-order valence-electron chi connectivity index (χ1n) is 10.3. The van der Waals surface area contributed by atoms with E-state index in [2.05, 4.69) is 27.7 Å². The molecule has 2 aliphatic rings. The van der Waals surface area contributed by atoms with E-state index in [9.17, 15) is 14.0 Å². The summed E-state index contributed by atoms with van der Waals surface area (Å²) in [6.07, 6.45) is 4.10. The van der Waals surface area contributed by atoms with Gasteiger partial charge >= 0.3 is 0 Å². The van der Waals surface area contributed by atoms with E-state index in [1.165, 1.54) is 23.8 Å². The maximum atomic E-state index is 13.2. The fourth-order valence-electron chi connectivity index (χ4n) is 4.62. The van der Waals surface area contributed by atoms with Crippen molar-refractivity contribution in [2.45, 2.75) is 50.4 Å². The van der Waals surface area contributed by atoms with Crippen LogP contribution < -0.4 is 10.6 Å². The topological polar surface area (TPSA) is 61.4 Å². The molecule has 2 aliphatic heterocycles. The zero-order valence-electron chi connectivity index (χ0n) is 16.6. The van der Waals surface area contributed by atoms with Crippen LogP contribution in [0.5, 0.6) is 0 Å². The van der Waals surface area contributed by atoms with Crippen LogP contribution in [0.2, 0.25) is 5.02 Å². The lowest BCUT2D eigenvalue weighted by molar-refractivity contribution is -0.121. The van der Waals surface area contributed by atoms with Crippen molar-refractivity contribution in [3.05, 3.63) is 70.5 Å². The summed E-state index contributed by atoms with van der Waals surface area (Å²) in [4.78, 5) is 26.9. The van der Waals surface area contributed by atoms with E-state index in [1.807, 2.05) is 12.1 Å². The predicted molar refractivity (Wildman–Crippen MR) is 114 cm³/mol. The summed E-state index contributed by atoms with van der Waals surface area (Å²) in [5, 5.41) is 6.36. The summed E-state index contributed by atoms with van der Waals surface area (Å²) in [7, 11) is 0. The van der Waals surface area contributed by atoms with Crippen molar-refractivity contribution in [2.24, 2.45) is 0 Å². The summed E-state index contributed by atoms with van der Waals surface area (Å²) in [6.45, 7) is 0.784. The number of hydrogen-bond acceptors (Lipinski definition) is 3. The van der Waals surface area contributed by atoms with Crippen LogP contribution in [0.15, 0.2) is 48.5 Å². The third kappa shape index (κ3) is 4.99. The zero-order valence-corrected chi connectivity index (χ0v) is 17.4. The van der Waals surface area contributed by atoms with Crippen LogP contribution in [-0.4, -0.2) is 41.4 Å². The van der Waals surface area contributed by atoms with Gasteiger partial charge in [0, 0.05) is 35.3 Å². The maximum Gasteiger partial charge on any atom is 0.251 e. The molecule has 2 aromatic rings. The van der Waals surface area contributed by atoms with Gasteiger partial charge in [-0.05, 0) is 61.6 Å². The highest BCUT2D eigenvalue weighted by Gasteiger charge is 2.40. The lowest BCUT2D eigenvalue weighted by Crippen LogP contribution is -2.51. The second kappa shape index (κ2) is 9.14. The maximum absolute atomic E-state index is 13.2. The molecule has 4 rings (SSSR count). The third-order valence-corrected chi connectivity index (χ3v) is 6.28. The molecule has 2 fully saturated rings.